The van der Waals surface area contributed by atoms with E-state index in [9.17, 15) is 5.11 Å². The van der Waals surface area contributed by atoms with Gasteiger partial charge in [-0.25, -0.2) is 0 Å². The van der Waals surface area contributed by atoms with E-state index in [0.29, 0.717) is 5.02 Å². The highest BCUT2D eigenvalue weighted by atomic mass is 35.5. The van der Waals surface area contributed by atoms with Crippen molar-refractivity contribution in [2.75, 3.05) is 18.5 Å². The maximum absolute atomic E-state index is 9.62. The average molecular weight is 381 g/mol. The van der Waals surface area contributed by atoms with E-state index in [0.717, 1.165) is 48.2 Å². The van der Waals surface area contributed by atoms with Gasteiger partial charge in [0.2, 0.25) is 0 Å². The van der Waals surface area contributed by atoms with Gasteiger partial charge in [-0.05, 0) is 41.8 Å². The lowest BCUT2D eigenvalue weighted by molar-refractivity contribution is 0.175. The van der Waals surface area contributed by atoms with Gasteiger partial charge < -0.3 is 5.11 Å². The number of hydrazone groups is 1. The summed E-state index contributed by atoms with van der Waals surface area (Å²) in [4.78, 5) is 6.60. The summed E-state index contributed by atoms with van der Waals surface area (Å²) in [5.41, 5.74) is 7.07. The molecule has 2 heterocycles. The molecule has 6 heteroatoms. The molecule has 0 bridgehead atoms. The molecule has 0 amide bonds. The Hall–Kier alpha value is -2.47. The number of nitrogens with one attached hydrogen (secondary N) is 1. The number of benzene rings is 2. The van der Waals surface area contributed by atoms with E-state index >= 15 is 0 Å². The maximum Gasteiger partial charge on any atom is 0.0738 e. The van der Waals surface area contributed by atoms with Crippen LogP contribution < -0.4 is 5.43 Å². The highest BCUT2D eigenvalue weighted by Gasteiger charge is 2.19. The van der Waals surface area contributed by atoms with E-state index in [4.69, 9.17) is 11.6 Å². The molecule has 0 spiro atoms. The number of likely N-dealkylation sites (tertiary alicyclic amines) is 1. The molecule has 5 nitrogen and oxygen atoms in total. The Morgan fingerprint density at radius 1 is 1.22 bits per heavy atom. The standard InChI is InChI=1S/C21H21ClN4O/c22-17-5-6-19-20(7-9-23-21(19)11-17)25-24-12-15-1-3-16(4-2-15)13-26-10-8-18(27)14-26/h1-7,9,11-12,18,27H,8,10,13-14H2,(H,23,25). The Kier molecular flexibility index (Phi) is 5.34. The average Bonchev–Trinajstić information content (AvgIpc) is 3.08. The van der Waals surface area contributed by atoms with Gasteiger partial charge in [-0.2, -0.15) is 5.10 Å². The van der Waals surface area contributed by atoms with Crippen LogP contribution in [0.2, 0.25) is 5.02 Å². The van der Waals surface area contributed by atoms with Crippen molar-refractivity contribution >= 4 is 34.4 Å². The van der Waals surface area contributed by atoms with Crippen LogP contribution in [0, 0.1) is 0 Å². The van der Waals surface area contributed by atoms with E-state index < -0.39 is 0 Å². The molecular formula is C21H21ClN4O. The second kappa shape index (κ2) is 8.05. The number of hydrogen-bond donors (Lipinski definition) is 2. The molecule has 0 radical (unpaired) electrons. The Labute approximate surface area is 163 Å². The van der Waals surface area contributed by atoms with E-state index in [1.807, 2.05) is 24.3 Å². The number of hydrogen-bond acceptors (Lipinski definition) is 5. The van der Waals surface area contributed by atoms with Crippen molar-refractivity contribution in [1.29, 1.82) is 0 Å². The number of aliphatic hydroxyl groups is 1. The number of pyridine rings is 1. The van der Waals surface area contributed by atoms with Crippen LogP contribution >= 0.6 is 11.6 Å². The summed E-state index contributed by atoms with van der Waals surface area (Å²) in [5, 5.41) is 15.6. The molecule has 1 unspecified atom stereocenters. The molecule has 3 aromatic rings. The lowest BCUT2D eigenvalue weighted by Crippen LogP contribution is -2.21. The highest BCUT2D eigenvalue weighted by molar-refractivity contribution is 6.31. The molecule has 1 aliphatic rings. The quantitative estimate of drug-likeness (QED) is 0.520. The third-order valence-corrected chi connectivity index (χ3v) is 4.97. The van der Waals surface area contributed by atoms with Crippen molar-refractivity contribution in [2.24, 2.45) is 5.10 Å². The molecule has 2 aromatic carbocycles. The smallest absolute Gasteiger partial charge is 0.0738 e. The van der Waals surface area contributed by atoms with Gasteiger partial charge in [-0.3, -0.25) is 15.3 Å². The molecule has 1 aliphatic heterocycles. The number of aromatic nitrogens is 1. The topological polar surface area (TPSA) is 60.8 Å². The molecule has 1 fully saturated rings. The number of nitrogens with zero attached hydrogens (tertiary/aromatic N) is 3. The molecule has 1 aromatic heterocycles. The summed E-state index contributed by atoms with van der Waals surface area (Å²) >= 11 is 6.02. The van der Waals surface area contributed by atoms with Crippen molar-refractivity contribution < 1.29 is 5.11 Å². The second-order valence-electron chi connectivity index (χ2n) is 6.81. The first-order valence-electron chi connectivity index (χ1n) is 9.00. The van der Waals surface area contributed by atoms with E-state index in [1.54, 1.807) is 12.4 Å². The molecule has 27 heavy (non-hydrogen) atoms. The number of fused-ring (bicyclic) bond motifs is 1. The molecule has 4 rings (SSSR count). The Morgan fingerprint density at radius 2 is 2.07 bits per heavy atom. The van der Waals surface area contributed by atoms with Crippen LogP contribution in [0.1, 0.15) is 17.5 Å². The van der Waals surface area contributed by atoms with Crippen molar-refractivity contribution in [1.82, 2.24) is 9.88 Å². The zero-order valence-corrected chi connectivity index (χ0v) is 15.6. The zero-order valence-electron chi connectivity index (χ0n) is 14.8. The summed E-state index contributed by atoms with van der Waals surface area (Å²) < 4.78 is 0. The van der Waals surface area contributed by atoms with Gasteiger partial charge in [0.15, 0.2) is 0 Å². The fourth-order valence-electron chi connectivity index (χ4n) is 3.32. The van der Waals surface area contributed by atoms with Crippen LogP contribution in [-0.2, 0) is 6.54 Å². The van der Waals surface area contributed by atoms with Gasteiger partial charge >= 0.3 is 0 Å². The minimum atomic E-state index is -0.178. The van der Waals surface area contributed by atoms with Gasteiger partial charge in [-0.15, -0.1) is 0 Å². The minimum Gasteiger partial charge on any atom is -0.392 e. The molecular weight excluding hydrogens is 360 g/mol. The van der Waals surface area contributed by atoms with Crippen LogP contribution in [0.15, 0.2) is 59.8 Å². The van der Waals surface area contributed by atoms with Gasteiger partial charge in [0, 0.05) is 36.2 Å². The van der Waals surface area contributed by atoms with E-state index in [2.05, 4.69) is 44.7 Å². The maximum atomic E-state index is 9.62. The van der Waals surface area contributed by atoms with Crippen molar-refractivity contribution in [3.63, 3.8) is 0 Å². The van der Waals surface area contributed by atoms with Crippen molar-refractivity contribution in [2.45, 2.75) is 19.1 Å². The normalized spacial score (nSPS) is 17.8. The van der Waals surface area contributed by atoms with Gasteiger partial charge in [0.05, 0.1) is 23.5 Å². The molecule has 1 saturated heterocycles. The fraction of sp³-hybridized carbons (Fsp3) is 0.238. The number of aliphatic hydroxyl groups excluding tert-OH is 1. The number of rotatable bonds is 5. The van der Waals surface area contributed by atoms with Gasteiger partial charge in [0.25, 0.3) is 0 Å². The molecule has 2 N–H and O–H groups in total. The summed E-state index contributed by atoms with van der Waals surface area (Å²) in [6.45, 7) is 2.59. The lowest BCUT2D eigenvalue weighted by Gasteiger charge is -2.14. The first-order chi connectivity index (χ1) is 13.2. The SMILES string of the molecule is OC1CCN(Cc2ccc(C=NNc3ccnc4cc(Cl)ccc34)cc2)C1. The van der Waals surface area contributed by atoms with Crippen LogP contribution in [0.4, 0.5) is 5.69 Å². The predicted molar refractivity (Wildman–Crippen MR) is 110 cm³/mol. The Bertz CT molecular complexity index is 958. The fourth-order valence-corrected chi connectivity index (χ4v) is 3.48. The van der Waals surface area contributed by atoms with Crippen LogP contribution in [0.3, 0.4) is 0 Å². The van der Waals surface area contributed by atoms with E-state index in [-0.39, 0.29) is 6.10 Å². The highest BCUT2D eigenvalue weighted by Crippen LogP contribution is 2.24. The van der Waals surface area contributed by atoms with Gasteiger partial charge in [-0.1, -0.05) is 35.9 Å². The third kappa shape index (κ3) is 4.45. The summed E-state index contributed by atoms with van der Waals surface area (Å²) in [5.74, 6) is 0. The largest absolute Gasteiger partial charge is 0.392 e. The van der Waals surface area contributed by atoms with Gasteiger partial charge in [0.1, 0.15) is 0 Å². The number of β-amino-alcohol motifs (C(OH)–C–C–N with tert-alkyl or cyclic N) is 1. The summed E-state index contributed by atoms with van der Waals surface area (Å²) in [6.07, 6.45) is 4.22. The minimum absolute atomic E-state index is 0.178. The lowest BCUT2D eigenvalue weighted by atomic mass is 10.1. The Balaban J connectivity index is 1.40. The van der Waals surface area contributed by atoms with Crippen molar-refractivity contribution in [3.8, 4) is 0 Å². The monoisotopic (exact) mass is 380 g/mol. The molecule has 138 valence electrons. The first kappa shape index (κ1) is 17.9. The number of halogens is 1. The van der Waals surface area contributed by atoms with Crippen molar-refractivity contribution in [3.05, 3.63) is 70.9 Å². The van der Waals surface area contributed by atoms with Crippen LogP contribution in [0.25, 0.3) is 10.9 Å². The number of anilines is 1. The van der Waals surface area contributed by atoms with Crippen LogP contribution in [-0.4, -0.2) is 40.4 Å². The Morgan fingerprint density at radius 3 is 2.85 bits per heavy atom. The summed E-state index contributed by atoms with van der Waals surface area (Å²) in [6, 6.07) is 15.8. The summed E-state index contributed by atoms with van der Waals surface area (Å²) in [7, 11) is 0. The molecule has 0 saturated carbocycles. The zero-order chi connectivity index (χ0) is 18.6. The second-order valence-corrected chi connectivity index (χ2v) is 7.25. The predicted octanol–water partition coefficient (Wildman–Crippen LogP) is 3.90. The first-order valence-corrected chi connectivity index (χ1v) is 9.38. The molecule has 0 aliphatic carbocycles. The van der Waals surface area contributed by atoms with Crippen LogP contribution in [0.5, 0.6) is 0 Å². The molecule has 1 atom stereocenters. The third-order valence-electron chi connectivity index (χ3n) is 4.74. The van der Waals surface area contributed by atoms with E-state index in [1.165, 1.54) is 5.56 Å².